The molecule has 1 unspecified atom stereocenters. The second-order valence-corrected chi connectivity index (χ2v) is 11.9. The summed E-state index contributed by atoms with van der Waals surface area (Å²) in [6, 6.07) is 21.0. The number of epoxide rings is 1. The van der Waals surface area contributed by atoms with E-state index in [-0.39, 0.29) is 16.9 Å². The van der Waals surface area contributed by atoms with Crippen LogP contribution in [-0.4, -0.2) is 33.4 Å². The smallest absolute Gasteiger partial charge is 0.261 e. The van der Waals surface area contributed by atoms with E-state index in [9.17, 15) is 4.79 Å². The Morgan fingerprint density at radius 1 is 1.04 bits per heavy atom. The molecule has 1 heterocycles. The van der Waals surface area contributed by atoms with Crippen LogP contribution in [0.2, 0.25) is 5.04 Å². The van der Waals surface area contributed by atoms with Crippen molar-refractivity contribution < 1.29 is 14.0 Å². The number of ether oxygens (including phenoxy) is 1. The maximum atomic E-state index is 12.0. The van der Waals surface area contributed by atoms with Crippen LogP contribution in [0.1, 0.15) is 27.2 Å². The van der Waals surface area contributed by atoms with E-state index in [1.807, 2.05) is 12.1 Å². The predicted molar refractivity (Wildman–Crippen MR) is 103 cm³/mol. The minimum atomic E-state index is -2.52. The fourth-order valence-corrected chi connectivity index (χ4v) is 8.03. The molecule has 1 aliphatic heterocycles. The Hall–Kier alpha value is -1.75. The second-order valence-electron chi connectivity index (χ2n) is 7.55. The standard InChI is InChI=1S/C21H26O3Si/c1-21(2,3)25(17-10-6-4-7-11-17,18-12-8-5-9-13-18)24-15-14-19(22)20-16-23-20/h4-13,20H,14-16H2,1-3H3. The van der Waals surface area contributed by atoms with E-state index in [0.717, 1.165) is 0 Å². The minimum absolute atomic E-state index is 0.0607. The van der Waals surface area contributed by atoms with Gasteiger partial charge in [0.15, 0.2) is 5.78 Å². The van der Waals surface area contributed by atoms with Gasteiger partial charge in [-0.05, 0) is 15.4 Å². The largest absolute Gasteiger partial charge is 0.407 e. The van der Waals surface area contributed by atoms with Crippen molar-refractivity contribution in [1.29, 1.82) is 0 Å². The molecule has 1 aliphatic rings. The number of hydrogen-bond donors (Lipinski definition) is 0. The lowest BCUT2D eigenvalue weighted by molar-refractivity contribution is -0.120. The Morgan fingerprint density at radius 3 is 1.92 bits per heavy atom. The molecule has 25 heavy (non-hydrogen) atoms. The van der Waals surface area contributed by atoms with Gasteiger partial charge < -0.3 is 9.16 Å². The molecule has 2 aromatic carbocycles. The molecule has 132 valence electrons. The molecule has 0 bridgehead atoms. The van der Waals surface area contributed by atoms with Crippen molar-refractivity contribution in [3.05, 3.63) is 60.7 Å². The number of benzene rings is 2. The predicted octanol–water partition coefficient (Wildman–Crippen LogP) is 2.92. The van der Waals surface area contributed by atoms with Gasteiger partial charge in [-0.3, -0.25) is 4.79 Å². The maximum absolute atomic E-state index is 12.0. The fraction of sp³-hybridized carbons (Fsp3) is 0.381. The van der Waals surface area contributed by atoms with E-state index in [1.54, 1.807) is 0 Å². The minimum Gasteiger partial charge on any atom is -0.407 e. The molecular weight excluding hydrogens is 328 g/mol. The zero-order valence-electron chi connectivity index (χ0n) is 15.2. The summed E-state index contributed by atoms with van der Waals surface area (Å²) < 4.78 is 11.8. The number of Topliss-reactive ketones (excluding diaryl/α,β-unsaturated/α-hetero) is 1. The number of carbonyl (C=O) groups is 1. The van der Waals surface area contributed by atoms with Gasteiger partial charge in [-0.2, -0.15) is 0 Å². The van der Waals surface area contributed by atoms with Crippen LogP contribution in [0.5, 0.6) is 0 Å². The molecule has 3 nitrogen and oxygen atoms in total. The molecule has 1 fully saturated rings. The molecule has 4 heteroatoms. The van der Waals surface area contributed by atoms with Crippen molar-refractivity contribution in [1.82, 2.24) is 0 Å². The first-order valence-electron chi connectivity index (χ1n) is 8.84. The maximum Gasteiger partial charge on any atom is 0.261 e. The number of hydrogen-bond acceptors (Lipinski definition) is 3. The van der Waals surface area contributed by atoms with E-state index >= 15 is 0 Å². The summed E-state index contributed by atoms with van der Waals surface area (Å²) in [7, 11) is -2.52. The Balaban J connectivity index is 1.97. The van der Waals surface area contributed by atoms with Crippen LogP contribution < -0.4 is 10.4 Å². The van der Waals surface area contributed by atoms with Gasteiger partial charge in [0.05, 0.1) is 6.61 Å². The Kier molecular flexibility index (Phi) is 5.23. The van der Waals surface area contributed by atoms with Crippen LogP contribution in [0, 0.1) is 0 Å². The molecule has 0 amide bonds. The van der Waals surface area contributed by atoms with E-state index in [4.69, 9.17) is 9.16 Å². The molecule has 0 aliphatic carbocycles. The van der Waals surface area contributed by atoms with Crippen LogP contribution in [0.3, 0.4) is 0 Å². The molecule has 0 N–H and O–H groups in total. The molecule has 0 saturated carbocycles. The monoisotopic (exact) mass is 354 g/mol. The highest BCUT2D eigenvalue weighted by Gasteiger charge is 2.50. The zero-order chi connectivity index (χ0) is 17.9. The summed E-state index contributed by atoms with van der Waals surface area (Å²) in [6.45, 7) is 7.73. The Bertz CT molecular complexity index is 663. The molecule has 1 atom stereocenters. The molecular formula is C21H26O3Si. The van der Waals surface area contributed by atoms with Crippen LogP contribution in [0.4, 0.5) is 0 Å². The van der Waals surface area contributed by atoms with Gasteiger partial charge in [-0.25, -0.2) is 0 Å². The van der Waals surface area contributed by atoms with Crippen molar-refractivity contribution in [2.75, 3.05) is 13.2 Å². The third kappa shape index (κ3) is 3.76. The van der Waals surface area contributed by atoms with Crippen LogP contribution in [0.15, 0.2) is 60.7 Å². The average Bonchev–Trinajstić information content (AvgIpc) is 3.44. The molecule has 0 radical (unpaired) electrons. The lowest BCUT2D eigenvalue weighted by Gasteiger charge is -2.43. The molecule has 0 aromatic heterocycles. The third-order valence-corrected chi connectivity index (χ3v) is 9.82. The highest BCUT2D eigenvalue weighted by Crippen LogP contribution is 2.36. The van der Waals surface area contributed by atoms with Gasteiger partial charge in [0.1, 0.15) is 6.10 Å². The summed E-state index contributed by atoms with van der Waals surface area (Å²) >= 11 is 0. The van der Waals surface area contributed by atoms with Gasteiger partial charge in [0.25, 0.3) is 8.32 Å². The molecule has 3 rings (SSSR count). The van der Waals surface area contributed by atoms with Crippen molar-refractivity contribution in [2.45, 2.75) is 38.3 Å². The van der Waals surface area contributed by atoms with Crippen molar-refractivity contribution in [3.63, 3.8) is 0 Å². The van der Waals surface area contributed by atoms with Gasteiger partial charge in [-0.1, -0.05) is 81.4 Å². The lowest BCUT2D eigenvalue weighted by Crippen LogP contribution is -2.66. The van der Waals surface area contributed by atoms with Gasteiger partial charge in [0.2, 0.25) is 0 Å². The van der Waals surface area contributed by atoms with E-state index < -0.39 is 8.32 Å². The first kappa shape index (κ1) is 18.1. The summed E-state index contributed by atoms with van der Waals surface area (Å²) in [5.74, 6) is 0.151. The summed E-state index contributed by atoms with van der Waals surface area (Å²) in [5.41, 5.74) is 0. The lowest BCUT2D eigenvalue weighted by atomic mass is 10.2. The summed E-state index contributed by atoms with van der Waals surface area (Å²) in [4.78, 5) is 12.0. The number of rotatable bonds is 7. The van der Waals surface area contributed by atoms with Crippen molar-refractivity contribution in [3.8, 4) is 0 Å². The summed E-state index contributed by atoms with van der Waals surface area (Å²) in [5, 5.41) is 2.42. The van der Waals surface area contributed by atoms with Crippen molar-refractivity contribution in [2.24, 2.45) is 0 Å². The topological polar surface area (TPSA) is 38.8 Å². The Labute approximate surface area is 151 Å². The van der Waals surface area contributed by atoms with Gasteiger partial charge >= 0.3 is 0 Å². The van der Waals surface area contributed by atoms with Crippen LogP contribution in [-0.2, 0) is 14.0 Å². The zero-order valence-corrected chi connectivity index (χ0v) is 16.2. The number of ketones is 1. The van der Waals surface area contributed by atoms with E-state index in [2.05, 4.69) is 69.3 Å². The highest BCUT2D eigenvalue weighted by molar-refractivity contribution is 6.99. The summed E-state index contributed by atoms with van der Waals surface area (Å²) in [6.07, 6.45) is 0.220. The van der Waals surface area contributed by atoms with Crippen LogP contribution >= 0.6 is 0 Å². The first-order chi connectivity index (χ1) is 11.9. The van der Waals surface area contributed by atoms with Crippen LogP contribution in [0.25, 0.3) is 0 Å². The second kappa shape index (κ2) is 7.24. The normalized spacial score (nSPS) is 17.3. The van der Waals surface area contributed by atoms with E-state index in [0.29, 0.717) is 19.6 Å². The van der Waals surface area contributed by atoms with Crippen molar-refractivity contribution >= 4 is 24.5 Å². The molecule has 1 saturated heterocycles. The Morgan fingerprint density at radius 2 is 1.52 bits per heavy atom. The third-order valence-electron chi connectivity index (χ3n) is 4.78. The first-order valence-corrected chi connectivity index (χ1v) is 10.8. The molecule has 0 spiro atoms. The van der Waals surface area contributed by atoms with Gasteiger partial charge in [-0.15, -0.1) is 0 Å². The average molecular weight is 355 g/mol. The van der Waals surface area contributed by atoms with E-state index in [1.165, 1.54) is 10.4 Å². The SMILES string of the molecule is CC(C)(C)[Si](OCCC(=O)C1CO1)(c1ccccc1)c1ccccc1. The quantitative estimate of drug-likeness (QED) is 0.567. The number of carbonyl (C=O) groups excluding carboxylic acids is 1. The fourth-order valence-electron chi connectivity index (χ4n) is 3.46. The highest BCUT2D eigenvalue weighted by atomic mass is 28.4. The van der Waals surface area contributed by atoms with Gasteiger partial charge in [0, 0.05) is 13.0 Å². The molecule has 2 aromatic rings.